The number of benzene rings is 2. The van der Waals surface area contributed by atoms with Crippen LogP contribution in [-0.4, -0.2) is 38.4 Å². The van der Waals surface area contributed by atoms with E-state index in [0.717, 1.165) is 37.7 Å². The van der Waals surface area contributed by atoms with E-state index in [4.69, 9.17) is 5.26 Å². The molecule has 2 aliphatic carbocycles. The van der Waals surface area contributed by atoms with Gasteiger partial charge in [-0.1, -0.05) is 30.3 Å². The molecule has 2 N–H and O–H groups in total. The topological polar surface area (TPSA) is 84.8 Å². The van der Waals surface area contributed by atoms with Crippen molar-refractivity contribution in [2.45, 2.75) is 50.2 Å². The zero-order valence-electron chi connectivity index (χ0n) is 17.1. The maximum atomic E-state index is 13.5. The molecular weight excluding hydrogens is 374 g/mol. The van der Waals surface area contributed by atoms with Crippen LogP contribution in [0.15, 0.2) is 48.5 Å². The summed E-state index contributed by atoms with van der Waals surface area (Å²) in [5.41, 5.74) is 3.10. The van der Waals surface area contributed by atoms with Crippen molar-refractivity contribution in [3.8, 4) is 6.07 Å². The number of aromatic amines is 1. The summed E-state index contributed by atoms with van der Waals surface area (Å²) in [6, 6.07) is 17.8. The third-order valence-corrected chi connectivity index (χ3v) is 6.92. The highest BCUT2D eigenvalue weighted by Gasteiger charge is 2.73. The summed E-state index contributed by atoms with van der Waals surface area (Å²) in [4.78, 5) is 23.2. The minimum Gasteiger partial charge on any atom is -0.334 e. The van der Waals surface area contributed by atoms with E-state index in [2.05, 4.69) is 45.6 Å². The molecule has 6 heteroatoms. The van der Waals surface area contributed by atoms with Crippen LogP contribution in [0.2, 0.25) is 0 Å². The molecule has 1 aromatic heterocycles. The minimum absolute atomic E-state index is 0.00545. The summed E-state index contributed by atoms with van der Waals surface area (Å²) in [5.74, 6) is 0.296. The van der Waals surface area contributed by atoms with E-state index >= 15 is 0 Å². The fourth-order valence-corrected chi connectivity index (χ4v) is 5.40. The predicted octanol–water partition coefficient (Wildman–Crippen LogP) is 3.75. The molecule has 2 fully saturated rings. The van der Waals surface area contributed by atoms with Crippen LogP contribution < -0.4 is 5.32 Å². The van der Waals surface area contributed by atoms with Crippen molar-refractivity contribution in [1.29, 1.82) is 5.26 Å². The van der Waals surface area contributed by atoms with E-state index in [-0.39, 0.29) is 17.0 Å². The normalized spacial score (nSPS) is 24.4. The number of amides is 1. The van der Waals surface area contributed by atoms with Crippen molar-refractivity contribution in [3.63, 3.8) is 0 Å². The third-order valence-electron chi connectivity index (χ3n) is 6.92. The summed E-state index contributed by atoms with van der Waals surface area (Å²) in [7, 11) is 0. The number of nitriles is 1. The van der Waals surface area contributed by atoms with Crippen molar-refractivity contribution in [2.75, 3.05) is 6.54 Å². The van der Waals surface area contributed by atoms with Crippen LogP contribution >= 0.6 is 0 Å². The number of hydrogen-bond donors (Lipinski definition) is 2. The predicted molar refractivity (Wildman–Crippen MR) is 115 cm³/mol. The number of carbonyl (C=O) groups excluding carboxylic acids is 1. The van der Waals surface area contributed by atoms with E-state index in [0.29, 0.717) is 23.4 Å². The van der Waals surface area contributed by atoms with Crippen molar-refractivity contribution >= 4 is 16.9 Å². The monoisotopic (exact) mass is 399 g/mol. The van der Waals surface area contributed by atoms with Crippen LogP contribution in [0.5, 0.6) is 0 Å². The van der Waals surface area contributed by atoms with Crippen LogP contribution in [0.3, 0.4) is 0 Å². The van der Waals surface area contributed by atoms with Crippen molar-refractivity contribution in [3.05, 3.63) is 65.5 Å². The molecule has 0 aliphatic heterocycles. The van der Waals surface area contributed by atoms with Gasteiger partial charge in [0, 0.05) is 18.6 Å². The number of fused-ring (bicyclic) bond motifs is 2. The SMILES string of the molecule is CCN(C(=O)c1nc2cc(C#N)ccc2[nH]1)[C@@]12CCC[C@]1(NCc1ccccc1)C2. The lowest BCUT2D eigenvalue weighted by Gasteiger charge is -2.32. The summed E-state index contributed by atoms with van der Waals surface area (Å²) in [6.45, 7) is 3.51. The summed E-state index contributed by atoms with van der Waals surface area (Å²) >= 11 is 0. The van der Waals surface area contributed by atoms with Crippen LogP contribution in [0, 0.1) is 11.3 Å². The first-order valence-electron chi connectivity index (χ1n) is 10.6. The number of nitrogens with zero attached hydrogens (tertiary/aromatic N) is 3. The molecule has 152 valence electrons. The number of rotatable bonds is 6. The smallest absolute Gasteiger partial charge is 0.290 e. The third kappa shape index (κ3) is 2.81. The van der Waals surface area contributed by atoms with E-state index < -0.39 is 0 Å². The lowest BCUT2D eigenvalue weighted by Crippen LogP contribution is -2.49. The van der Waals surface area contributed by atoms with Gasteiger partial charge in [-0.25, -0.2) is 4.98 Å². The van der Waals surface area contributed by atoms with Crippen LogP contribution in [-0.2, 0) is 6.54 Å². The molecule has 2 atom stereocenters. The van der Waals surface area contributed by atoms with Gasteiger partial charge >= 0.3 is 0 Å². The number of H-pyrrole nitrogens is 1. The Kier molecular flexibility index (Phi) is 4.37. The fourth-order valence-electron chi connectivity index (χ4n) is 5.40. The molecule has 2 aromatic carbocycles. The summed E-state index contributed by atoms with van der Waals surface area (Å²) < 4.78 is 0. The van der Waals surface area contributed by atoms with Gasteiger partial charge in [0.15, 0.2) is 5.82 Å². The van der Waals surface area contributed by atoms with Gasteiger partial charge in [0.2, 0.25) is 0 Å². The number of hydrogen-bond acceptors (Lipinski definition) is 4. The van der Waals surface area contributed by atoms with E-state index in [9.17, 15) is 4.79 Å². The number of aromatic nitrogens is 2. The molecule has 30 heavy (non-hydrogen) atoms. The highest BCUT2D eigenvalue weighted by molar-refractivity contribution is 5.95. The van der Waals surface area contributed by atoms with E-state index in [1.807, 2.05) is 24.0 Å². The highest BCUT2D eigenvalue weighted by atomic mass is 16.2. The molecule has 6 nitrogen and oxygen atoms in total. The largest absolute Gasteiger partial charge is 0.334 e. The van der Waals surface area contributed by atoms with Gasteiger partial charge in [0.1, 0.15) is 0 Å². The molecule has 0 bridgehead atoms. The van der Waals surface area contributed by atoms with Crippen molar-refractivity contribution in [1.82, 2.24) is 20.2 Å². The van der Waals surface area contributed by atoms with Gasteiger partial charge < -0.3 is 15.2 Å². The quantitative estimate of drug-likeness (QED) is 0.661. The highest BCUT2D eigenvalue weighted by Crippen LogP contribution is 2.63. The number of likely N-dealkylation sites (N-methyl/N-ethyl adjacent to an activating group) is 1. The number of imidazole rings is 1. The Labute approximate surface area is 175 Å². The minimum atomic E-state index is -0.135. The number of carbonyl (C=O) groups is 1. The molecule has 1 amide bonds. The van der Waals surface area contributed by atoms with E-state index in [1.165, 1.54) is 5.56 Å². The molecule has 0 unspecified atom stereocenters. The Bertz CT molecular complexity index is 1150. The maximum absolute atomic E-state index is 13.5. The van der Waals surface area contributed by atoms with Crippen LogP contribution in [0.4, 0.5) is 0 Å². The molecule has 2 saturated carbocycles. The standard InChI is InChI=1S/C24H25N5O/c1-2-29(22(30)21-27-19-10-9-18(14-25)13-20(19)28-21)24-12-6-11-23(24,16-24)26-15-17-7-4-3-5-8-17/h3-5,7-10,13,26H,2,6,11-12,15-16H2,1H3,(H,27,28)/t23-,24+/m0/s1. The lowest BCUT2D eigenvalue weighted by atomic mass is 10.1. The molecule has 0 saturated heterocycles. The molecule has 3 aromatic rings. The van der Waals surface area contributed by atoms with Gasteiger partial charge in [0.25, 0.3) is 5.91 Å². The van der Waals surface area contributed by atoms with Crippen LogP contribution in [0.25, 0.3) is 11.0 Å². The first kappa shape index (κ1) is 18.8. The zero-order valence-corrected chi connectivity index (χ0v) is 17.1. The number of nitrogens with one attached hydrogen (secondary N) is 2. The van der Waals surface area contributed by atoms with E-state index in [1.54, 1.807) is 12.1 Å². The van der Waals surface area contributed by atoms with Crippen molar-refractivity contribution in [2.24, 2.45) is 0 Å². The molecule has 2 aliphatic rings. The Morgan fingerprint density at radius 2 is 2.10 bits per heavy atom. The van der Waals surface area contributed by atoms with Gasteiger partial charge in [-0.05, 0) is 56.4 Å². The Morgan fingerprint density at radius 1 is 1.27 bits per heavy atom. The average Bonchev–Trinajstić information content (AvgIpc) is 3.07. The average molecular weight is 399 g/mol. The summed E-state index contributed by atoms with van der Waals surface area (Å²) in [6.07, 6.45) is 4.23. The summed E-state index contributed by atoms with van der Waals surface area (Å²) in [5, 5.41) is 12.9. The van der Waals surface area contributed by atoms with Gasteiger partial charge in [-0.3, -0.25) is 4.79 Å². The van der Waals surface area contributed by atoms with Gasteiger partial charge in [0.05, 0.1) is 28.2 Å². The zero-order chi connectivity index (χ0) is 20.8. The molecular formula is C24H25N5O. The molecule has 0 spiro atoms. The van der Waals surface area contributed by atoms with Gasteiger partial charge in [-0.15, -0.1) is 0 Å². The second kappa shape index (κ2) is 6.96. The first-order chi connectivity index (χ1) is 14.6. The Hall–Kier alpha value is -3.17. The van der Waals surface area contributed by atoms with Crippen molar-refractivity contribution < 1.29 is 4.79 Å². The first-order valence-corrected chi connectivity index (χ1v) is 10.6. The fraction of sp³-hybridized carbons (Fsp3) is 0.375. The molecule has 0 radical (unpaired) electrons. The van der Waals surface area contributed by atoms with Gasteiger partial charge in [-0.2, -0.15) is 5.26 Å². The second-order valence-electron chi connectivity index (χ2n) is 8.46. The lowest BCUT2D eigenvalue weighted by molar-refractivity contribution is 0.0625. The Balaban J connectivity index is 1.39. The maximum Gasteiger partial charge on any atom is 0.290 e. The van der Waals surface area contributed by atoms with Crippen LogP contribution in [0.1, 0.15) is 54.4 Å². The molecule has 1 heterocycles. The Morgan fingerprint density at radius 3 is 2.87 bits per heavy atom. The second-order valence-corrected chi connectivity index (χ2v) is 8.46. The molecule has 5 rings (SSSR count).